The van der Waals surface area contributed by atoms with Gasteiger partial charge in [-0.25, -0.2) is 4.98 Å². The molecular weight excluding hydrogens is 245 g/mol. The summed E-state index contributed by atoms with van der Waals surface area (Å²) in [6.07, 6.45) is -3.73. The van der Waals surface area contributed by atoms with Crippen molar-refractivity contribution in [2.45, 2.75) is 52.3 Å². The van der Waals surface area contributed by atoms with Gasteiger partial charge >= 0.3 is 6.18 Å². The second kappa shape index (κ2) is 5.97. The largest absolute Gasteiger partial charge is 0.391 e. The molecule has 0 aromatic carbocycles. The van der Waals surface area contributed by atoms with Gasteiger partial charge in [0.1, 0.15) is 0 Å². The Kier molecular flexibility index (Phi) is 4.86. The first-order valence-electron chi connectivity index (χ1n) is 5.91. The van der Waals surface area contributed by atoms with Crippen molar-refractivity contribution in [2.24, 2.45) is 0 Å². The van der Waals surface area contributed by atoms with E-state index in [0.717, 1.165) is 11.4 Å². The predicted octanol–water partition coefficient (Wildman–Crippen LogP) is 2.75. The van der Waals surface area contributed by atoms with Crippen LogP contribution in [-0.4, -0.2) is 27.4 Å². The topological polar surface area (TPSA) is 50.7 Å². The van der Waals surface area contributed by atoms with E-state index in [1.54, 1.807) is 0 Å². The Hall–Kier alpha value is -1.40. The number of rotatable bonds is 5. The summed E-state index contributed by atoms with van der Waals surface area (Å²) < 4.78 is 36.5. The van der Waals surface area contributed by atoms with Crippen LogP contribution >= 0.6 is 0 Å². The quantitative estimate of drug-likeness (QED) is 0.886. The zero-order valence-electron chi connectivity index (χ0n) is 10.7. The molecule has 0 aliphatic carbocycles. The summed E-state index contributed by atoms with van der Waals surface area (Å²) in [5, 5.41) is 10.4. The number of hydrogen-bond donors (Lipinski definition) is 1. The lowest BCUT2D eigenvalue weighted by Gasteiger charge is -2.16. The zero-order valence-corrected chi connectivity index (χ0v) is 10.7. The minimum absolute atomic E-state index is 0.154. The van der Waals surface area contributed by atoms with Crippen molar-refractivity contribution in [3.05, 3.63) is 11.4 Å². The van der Waals surface area contributed by atoms with Gasteiger partial charge in [-0.2, -0.15) is 18.3 Å². The van der Waals surface area contributed by atoms with Crippen LogP contribution in [0.3, 0.4) is 0 Å². The molecule has 0 aliphatic rings. The van der Waals surface area contributed by atoms with Crippen molar-refractivity contribution >= 4 is 5.95 Å². The Bertz CT molecular complexity index is 392. The van der Waals surface area contributed by atoms with Gasteiger partial charge in [0.05, 0.1) is 17.8 Å². The Morgan fingerprint density at radius 3 is 2.22 bits per heavy atom. The lowest BCUT2D eigenvalue weighted by Crippen LogP contribution is -2.25. The molecule has 0 bridgehead atoms. The number of hydrogen-bond acceptors (Lipinski definition) is 4. The molecule has 102 valence electrons. The molecule has 0 saturated heterocycles. The van der Waals surface area contributed by atoms with Crippen molar-refractivity contribution in [2.75, 3.05) is 5.32 Å². The molecule has 0 radical (unpaired) electrons. The molecule has 0 spiro atoms. The first kappa shape index (κ1) is 14.7. The molecule has 18 heavy (non-hydrogen) atoms. The van der Waals surface area contributed by atoms with Crippen LogP contribution in [0.2, 0.25) is 0 Å². The van der Waals surface area contributed by atoms with Gasteiger partial charge < -0.3 is 5.32 Å². The summed E-state index contributed by atoms with van der Waals surface area (Å²) in [4.78, 5) is 4.18. The Balaban J connectivity index is 2.73. The lowest BCUT2D eigenvalue weighted by atomic mass is 10.2. The van der Waals surface area contributed by atoms with E-state index < -0.39 is 18.6 Å². The van der Waals surface area contributed by atoms with E-state index in [2.05, 4.69) is 20.5 Å². The number of nitrogens with zero attached hydrogens (tertiary/aromatic N) is 3. The van der Waals surface area contributed by atoms with Crippen molar-refractivity contribution in [1.29, 1.82) is 0 Å². The van der Waals surface area contributed by atoms with E-state index in [-0.39, 0.29) is 5.95 Å². The minimum atomic E-state index is -4.20. The second-order valence-electron chi connectivity index (χ2n) is 4.10. The maximum absolute atomic E-state index is 12.2. The van der Waals surface area contributed by atoms with E-state index in [1.165, 1.54) is 6.92 Å². The summed E-state index contributed by atoms with van der Waals surface area (Å²) in [6.45, 7) is 5.30. The van der Waals surface area contributed by atoms with Gasteiger partial charge in [-0.05, 0) is 19.8 Å². The average Bonchev–Trinajstić information content (AvgIpc) is 2.26. The molecule has 0 aliphatic heterocycles. The molecule has 1 atom stereocenters. The van der Waals surface area contributed by atoms with E-state index in [0.29, 0.717) is 12.8 Å². The fraction of sp³-hybridized carbons (Fsp3) is 0.727. The average molecular weight is 262 g/mol. The fourth-order valence-corrected chi connectivity index (χ4v) is 1.62. The number of anilines is 1. The third kappa shape index (κ3) is 4.46. The van der Waals surface area contributed by atoms with E-state index in [9.17, 15) is 13.2 Å². The SMILES string of the molecule is CCc1nnc(NC(C)CC(F)(F)F)nc1CC. The molecule has 7 heteroatoms. The smallest absolute Gasteiger partial charge is 0.350 e. The standard InChI is InChI=1S/C11H17F3N4/c1-4-8-9(5-2)17-18-10(16-8)15-7(3)6-11(12,13)14/h7H,4-6H2,1-3H3,(H,15,16,18). The summed E-state index contributed by atoms with van der Waals surface area (Å²) in [5.41, 5.74) is 1.56. The van der Waals surface area contributed by atoms with Crippen LogP contribution in [0.25, 0.3) is 0 Å². The third-order valence-electron chi connectivity index (χ3n) is 2.42. The van der Waals surface area contributed by atoms with Crippen LogP contribution in [0.5, 0.6) is 0 Å². The van der Waals surface area contributed by atoms with Crippen LogP contribution in [0.1, 0.15) is 38.6 Å². The molecule has 1 aromatic rings. The maximum Gasteiger partial charge on any atom is 0.391 e. The lowest BCUT2D eigenvalue weighted by molar-refractivity contribution is -0.136. The van der Waals surface area contributed by atoms with Gasteiger partial charge in [0.15, 0.2) is 0 Å². The van der Waals surface area contributed by atoms with Crippen LogP contribution < -0.4 is 5.32 Å². The first-order chi connectivity index (χ1) is 8.35. The number of aromatic nitrogens is 3. The van der Waals surface area contributed by atoms with Crippen LogP contribution in [0, 0.1) is 0 Å². The van der Waals surface area contributed by atoms with Crippen molar-refractivity contribution < 1.29 is 13.2 Å². The summed E-state index contributed by atoms with van der Waals surface area (Å²) in [7, 11) is 0. The highest BCUT2D eigenvalue weighted by Crippen LogP contribution is 2.22. The number of aryl methyl sites for hydroxylation is 2. The van der Waals surface area contributed by atoms with Crippen molar-refractivity contribution in [3.8, 4) is 0 Å². The molecule has 1 aromatic heterocycles. The van der Waals surface area contributed by atoms with E-state index in [1.807, 2.05) is 13.8 Å². The maximum atomic E-state index is 12.2. The normalized spacial score (nSPS) is 13.4. The first-order valence-corrected chi connectivity index (χ1v) is 5.91. The van der Waals surface area contributed by atoms with Gasteiger partial charge in [0.2, 0.25) is 5.95 Å². The summed E-state index contributed by atoms with van der Waals surface area (Å²) in [6, 6.07) is -0.774. The second-order valence-corrected chi connectivity index (χ2v) is 4.10. The van der Waals surface area contributed by atoms with Gasteiger partial charge in [-0.3, -0.25) is 0 Å². The Labute approximate surface area is 104 Å². The molecule has 1 heterocycles. The van der Waals surface area contributed by atoms with Crippen LogP contribution in [0.15, 0.2) is 0 Å². The number of alkyl halides is 3. The number of halogens is 3. The van der Waals surface area contributed by atoms with Crippen LogP contribution in [0.4, 0.5) is 19.1 Å². The zero-order chi connectivity index (χ0) is 13.8. The predicted molar refractivity (Wildman–Crippen MR) is 62.3 cm³/mol. The third-order valence-corrected chi connectivity index (χ3v) is 2.42. The summed E-state index contributed by atoms with van der Waals surface area (Å²) in [5.74, 6) is 0.154. The molecule has 0 amide bonds. The molecule has 0 fully saturated rings. The highest BCUT2D eigenvalue weighted by molar-refractivity contribution is 5.27. The fourth-order valence-electron chi connectivity index (χ4n) is 1.62. The van der Waals surface area contributed by atoms with Gasteiger partial charge in [-0.1, -0.05) is 13.8 Å². The van der Waals surface area contributed by atoms with Crippen molar-refractivity contribution in [1.82, 2.24) is 15.2 Å². The van der Waals surface area contributed by atoms with Crippen LogP contribution in [-0.2, 0) is 12.8 Å². The van der Waals surface area contributed by atoms with Gasteiger partial charge in [0.25, 0.3) is 0 Å². The van der Waals surface area contributed by atoms with Crippen molar-refractivity contribution in [3.63, 3.8) is 0 Å². The molecule has 4 nitrogen and oxygen atoms in total. The van der Waals surface area contributed by atoms with Gasteiger partial charge in [0, 0.05) is 6.04 Å². The Morgan fingerprint density at radius 2 is 1.72 bits per heavy atom. The minimum Gasteiger partial charge on any atom is -0.350 e. The highest BCUT2D eigenvalue weighted by atomic mass is 19.4. The van der Waals surface area contributed by atoms with E-state index >= 15 is 0 Å². The van der Waals surface area contributed by atoms with Gasteiger partial charge in [-0.15, -0.1) is 5.10 Å². The monoisotopic (exact) mass is 262 g/mol. The number of nitrogens with one attached hydrogen (secondary N) is 1. The molecular formula is C11H17F3N4. The molecule has 1 N–H and O–H groups in total. The molecule has 1 rings (SSSR count). The Morgan fingerprint density at radius 1 is 1.11 bits per heavy atom. The molecule has 0 saturated carbocycles. The summed E-state index contributed by atoms with van der Waals surface area (Å²) >= 11 is 0. The highest BCUT2D eigenvalue weighted by Gasteiger charge is 2.30. The molecule has 1 unspecified atom stereocenters. The van der Waals surface area contributed by atoms with E-state index in [4.69, 9.17) is 0 Å².